The minimum absolute atomic E-state index is 0.0174. The molecule has 1 aliphatic rings. The van der Waals surface area contributed by atoms with Gasteiger partial charge in [-0.15, -0.1) is 0 Å². The summed E-state index contributed by atoms with van der Waals surface area (Å²) in [5, 5.41) is 14.3. The van der Waals surface area contributed by atoms with E-state index in [9.17, 15) is 14.4 Å². The van der Waals surface area contributed by atoms with Gasteiger partial charge >= 0.3 is 12.1 Å². The van der Waals surface area contributed by atoms with Crippen LogP contribution >= 0.6 is 0 Å². The number of alkyl carbamates (subject to hydrolysis) is 1. The number of hydrogen-bond donors (Lipinski definition) is 3. The summed E-state index contributed by atoms with van der Waals surface area (Å²) in [7, 11) is 0. The number of nitrogens with one attached hydrogen (secondary N) is 2. The lowest BCUT2D eigenvalue weighted by molar-refractivity contribution is -0.120. The Hall–Kier alpha value is -4.17. The molecular formula is C27H26N2O6. The Kier molecular flexibility index (Phi) is 7.42. The van der Waals surface area contributed by atoms with Crippen LogP contribution in [-0.4, -0.2) is 49.4 Å². The van der Waals surface area contributed by atoms with Crippen molar-refractivity contribution in [2.45, 2.75) is 12.8 Å². The van der Waals surface area contributed by atoms with Crippen LogP contribution in [0.25, 0.3) is 11.1 Å². The molecule has 0 unspecified atom stereocenters. The molecule has 3 N–H and O–H groups in total. The molecule has 0 atom stereocenters. The Morgan fingerprint density at radius 3 is 2.26 bits per heavy atom. The van der Waals surface area contributed by atoms with Crippen LogP contribution < -0.4 is 10.6 Å². The Labute approximate surface area is 202 Å². The zero-order valence-electron chi connectivity index (χ0n) is 19.2. The van der Waals surface area contributed by atoms with Gasteiger partial charge in [-0.2, -0.15) is 0 Å². The van der Waals surface area contributed by atoms with E-state index in [1.54, 1.807) is 13.0 Å². The number of anilines is 1. The molecule has 0 bridgehead atoms. The average Bonchev–Trinajstić information content (AvgIpc) is 3.17. The molecular weight excluding hydrogens is 448 g/mol. The van der Waals surface area contributed by atoms with Crippen LogP contribution in [0.3, 0.4) is 0 Å². The Bertz CT molecular complexity index is 1210. The number of hydrogen-bond acceptors (Lipinski definition) is 5. The maximum Gasteiger partial charge on any atom is 0.407 e. The van der Waals surface area contributed by atoms with Crippen LogP contribution in [0.5, 0.6) is 0 Å². The number of rotatable bonds is 9. The summed E-state index contributed by atoms with van der Waals surface area (Å²) in [6.07, 6.45) is -0.555. The van der Waals surface area contributed by atoms with Gasteiger partial charge in [0, 0.05) is 18.2 Å². The van der Waals surface area contributed by atoms with Crippen LogP contribution in [0.4, 0.5) is 10.5 Å². The average molecular weight is 475 g/mol. The molecule has 3 aromatic carbocycles. The second-order valence-corrected chi connectivity index (χ2v) is 8.19. The quantitative estimate of drug-likeness (QED) is 0.401. The van der Waals surface area contributed by atoms with Crippen molar-refractivity contribution in [1.82, 2.24) is 5.32 Å². The largest absolute Gasteiger partial charge is 0.478 e. The van der Waals surface area contributed by atoms with Gasteiger partial charge < -0.3 is 25.2 Å². The van der Waals surface area contributed by atoms with Gasteiger partial charge in [0.2, 0.25) is 5.91 Å². The predicted octanol–water partition coefficient (Wildman–Crippen LogP) is 4.19. The van der Waals surface area contributed by atoms with Gasteiger partial charge in [0.25, 0.3) is 0 Å². The summed E-state index contributed by atoms with van der Waals surface area (Å²) in [6.45, 7) is 2.05. The fourth-order valence-electron chi connectivity index (χ4n) is 4.12. The van der Waals surface area contributed by atoms with Crippen LogP contribution in [-0.2, 0) is 14.3 Å². The normalized spacial score (nSPS) is 11.9. The molecule has 0 aromatic heterocycles. The van der Waals surface area contributed by atoms with E-state index in [2.05, 4.69) is 34.9 Å². The fraction of sp³-hybridized carbons (Fsp3) is 0.222. The van der Waals surface area contributed by atoms with Gasteiger partial charge in [-0.1, -0.05) is 54.6 Å². The molecule has 8 nitrogen and oxygen atoms in total. The highest BCUT2D eigenvalue weighted by molar-refractivity contribution is 5.95. The van der Waals surface area contributed by atoms with Gasteiger partial charge in [0.15, 0.2) is 0 Å². The Balaban J connectivity index is 1.18. The van der Waals surface area contributed by atoms with Crippen molar-refractivity contribution in [3.8, 4) is 11.1 Å². The van der Waals surface area contributed by atoms with E-state index in [1.165, 1.54) is 12.1 Å². The molecule has 1 aliphatic carbocycles. The maximum absolute atomic E-state index is 12.2. The molecule has 4 rings (SSSR count). The molecule has 3 aromatic rings. The van der Waals surface area contributed by atoms with Gasteiger partial charge in [0.1, 0.15) is 13.2 Å². The maximum atomic E-state index is 12.2. The van der Waals surface area contributed by atoms with Gasteiger partial charge in [-0.05, 0) is 46.9 Å². The third-order valence-electron chi connectivity index (χ3n) is 5.85. The van der Waals surface area contributed by atoms with Crippen LogP contribution in [0.2, 0.25) is 0 Å². The smallest absolute Gasteiger partial charge is 0.407 e. The van der Waals surface area contributed by atoms with Crippen LogP contribution in [0, 0.1) is 6.92 Å². The van der Waals surface area contributed by atoms with E-state index in [0.717, 1.165) is 27.8 Å². The lowest BCUT2D eigenvalue weighted by Crippen LogP contribution is -2.30. The number of carboxylic acids is 1. The number of ether oxygens (including phenoxy) is 2. The number of benzene rings is 3. The minimum atomic E-state index is -1.07. The summed E-state index contributed by atoms with van der Waals surface area (Å²) in [6, 6.07) is 20.7. The van der Waals surface area contributed by atoms with E-state index in [-0.39, 0.29) is 37.8 Å². The first kappa shape index (κ1) is 24.0. The van der Waals surface area contributed by atoms with Gasteiger partial charge in [-0.25, -0.2) is 9.59 Å². The highest BCUT2D eigenvalue weighted by atomic mass is 16.5. The van der Waals surface area contributed by atoms with E-state index in [4.69, 9.17) is 14.6 Å². The van der Waals surface area contributed by atoms with E-state index >= 15 is 0 Å². The zero-order valence-corrected chi connectivity index (χ0v) is 19.2. The number of carbonyl (C=O) groups is 3. The second kappa shape index (κ2) is 10.8. The first-order valence-electron chi connectivity index (χ1n) is 11.2. The van der Waals surface area contributed by atoms with Crippen molar-refractivity contribution in [2.24, 2.45) is 0 Å². The molecule has 0 fully saturated rings. The summed E-state index contributed by atoms with van der Waals surface area (Å²) < 4.78 is 10.8. The first-order valence-corrected chi connectivity index (χ1v) is 11.2. The molecule has 0 heterocycles. The van der Waals surface area contributed by atoms with Crippen molar-refractivity contribution >= 4 is 23.7 Å². The van der Waals surface area contributed by atoms with Crippen LogP contribution in [0.1, 0.15) is 33.0 Å². The van der Waals surface area contributed by atoms with Crippen molar-refractivity contribution in [1.29, 1.82) is 0 Å². The topological polar surface area (TPSA) is 114 Å². The van der Waals surface area contributed by atoms with E-state index in [0.29, 0.717) is 5.69 Å². The second-order valence-electron chi connectivity index (χ2n) is 8.19. The molecule has 0 spiro atoms. The van der Waals surface area contributed by atoms with Crippen molar-refractivity contribution in [3.63, 3.8) is 0 Å². The summed E-state index contributed by atoms with van der Waals surface area (Å²) in [5.74, 6) is -1.51. The zero-order chi connectivity index (χ0) is 24.8. The van der Waals surface area contributed by atoms with Crippen molar-refractivity contribution < 1.29 is 29.0 Å². The third-order valence-corrected chi connectivity index (χ3v) is 5.85. The van der Waals surface area contributed by atoms with E-state index in [1.807, 2.05) is 24.3 Å². The highest BCUT2D eigenvalue weighted by Crippen LogP contribution is 2.44. The molecule has 35 heavy (non-hydrogen) atoms. The first-order chi connectivity index (χ1) is 16.9. The van der Waals surface area contributed by atoms with Gasteiger partial charge in [0.05, 0.1) is 12.2 Å². The summed E-state index contributed by atoms with van der Waals surface area (Å²) in [4.78, 5) is 35.4. The number of fused-ring (bicyclic) bond motifs is 3. The fourth-order valence-corrected chi connectivity index (χ4v) is 4.12. The molecule has 2 amide bonds. The molecule has 0 radical (unpaired) electrons. The summed E-state index contributed by atoms with van der Waals surface area (Å²) >= 11 is 0. The number of carboxylic acid groups (broad SMARTS) is 1. The number of aryl methyl sites for hydroxylation is 1. The SMILES string of the molecule is Cc1ccc(C(=O)O)cc1NC(=O)COCCNC(=O)OCC1c2ccccc2-c2ccccc21. The molecule has 8 heteroatoms. The Morgan fingerprint density at radius 1 is 0.943 bits per heavy atom. The molecule has 180 valence electrons. The van der Waals surface area contributed by atoms with Crippen molar-refractivity contribution in [3.05, 3.63) is 89.0 Å². The predicted molar refractivity (Wildman–Crippen MR) is 131 cm³/mol. The Morgan fingerprint density at radius 2 is 1.60 bits per heavy atom. The number of amides is 2. The molecule has 0 aliphatic heterocycles. The monoisotopic (exact) mass is 474 g/mol. The third kappa shape index (κ3) is 5.67. The lowest BCUT2D eigenvalue weighted by atomic mass is 9.98. The van der Waals surface area contributed by atoms with Crippen molar-refractivity contribution in [2.75, 3.05) is 31.7 Å². The summed E-state index contributed by atoms with van der Waals surface area (Å²) in [5.41, 5.74) is 5.83. The van der Waals surface area contributed by atoms with E-state index < -0.39 is 18.0 Å². The van der Waals surface area contributed by atoms with Gasteiger partial charge in [-0.3, -0.25) is 4.79 Å². The number of aromatic carboxylic acids is 1. The standard InChI is InChI=1S/C27H26N2O6/c1-17-10-11-18(26(31)32)14-24(17)29-25(30)16-34-13-12-28-27(33)35-15-23-21-8-4-2-6-19(21)20-7-3-5-9-22(20)23/h2-11,14,23H,12-13,15-16H2,1H3,(H,28,33)(H,29,30)(H,31,32). The molecule has 0 saturated heterocycles. The highest BCUT2D eigenvalue weighted by Gasteiger charge is 2.28. The van der Waals surface area contributed by atoms with Crippen LogP contribution in [0.15, 0.2) is 66.7 Å². The number of carbonyl (C=O) groups excluding carboxylic acids is 2. The minimum Gasteiger partial charge on any atom is -0.478 e. The lowest BCUT2D eigenvalue weighted by Gasteiger charge is -2.14. The molecule has 0 saturated carbocycles.